The van der Waals surface area contributed by atoms with E-state index in [1.165, 1.54) is 14.8 Å². The van der Waals surface area contributed by atoms with Crippen LogP contribution in [0.15, 0.2) is 48.5 Å². The van der Waals surface area contributed by atoms with Gasteiger partial charge in [0.1, 0.15) is 5.75 Å². The van der Waals surface area contributed by atoms with Crippen molar-refractivity contribution < 1.29 is 4.74 Å². The molecule has 2 nitrogen and oxygen atoms in total. The lowest BCUT2D eigenvalue weighted by molar-refractivity contribution is 0.414. The minimum Gasteiger partial charge on any atom is -0.497 e. The highest BCUT2D eigenvalue weighted by Gasteiger charge is 2.11. The van der Waals surface area contributed by atoms with Gasteiger partial charge in [-0.1, -0.05) is 12.1 Å². The van der Waals surface area contributed by atoms with E-state index in [2.05, 4.69) is 77.7 Å². The Labute approximate surface area is 134 Å². The maximum atomic E-state index is 5.20. The predicted molar refractivity (Wildman–Crippen MR) is 93.5 cm³/mol. The summed E-state index contributed by atoms with van der Waals surface area (Å²) in [7, 11) is 1.70. The van der Waals surface area contributed by atoms with Crippen molar-refractivity contribution in [2.45, 2.75) is 26.4 Å². The Morgan fingerprint density at radius 3 is 2.10 bits per heavy atom. The number of halogens is 1. The first-order valence-electron chi connectivity index (χ1n) is 6.75. The standard InChI is InChI=1S/C17H20INO/c1-13(2)19(16-8-6-15(18)7-9-16)12-14-4-10-17(20-3)11-5-14/h4-11,13H,12H2,1-3H3. The van der Waals surface area contributed by atoms with Gasteiger partial charge in [-0.15, -0.1) is 0 Å². The number of rotatable bonds is 5. The van der Waals surface area contributed by atoms with Crippen molar-refractivity contribution in [1.29, 1.82) is 0 Å². The zero-order valence-corrected chi connectivity index (χ0v) is 14.3. The number of methoxy groups -OCH3 is 1. The topological polar surface area (TPSA) is 12.5 Å². The largest absolute Gasteiger partial charge is 0.497 e. The molecule has 0 amide bonds. The van der Waals surface area contributed by atoms with Crippen LogP contribution >= 0.6 is 22.6 Å². The molecule has 0 aliphatic rings. The van der Waals surface area contributed by atoms with Gasteiger partial charge in [0.05, 0.1) is 7.11 Å². The summed E-state index contributed by atoms with van der Waals surface area (Å²) in [6.45, 7) is 5.35. The summed E-state index contributed by atoms with van der Waals surface area (Å²) in [5.74, 6) is 0.902. The van der Waals surface area contributed by atoms with Crippen molar-refractivity contribution in [2.24, 2.45) is 0 Å². The molecule has 0 N–H and O–H groups in total. The highest BCUT2D eigenvalue weighted by atomic mass is 127. The maximum absolute atomic E-state index is 5.20. The van der Waals surface area contributed by atoms with Gasteiger partial charge in [-0.05, 0) is 78.4 Å². The van der Waals surface area contributed by atoms with E-state index in [0.717, 1.165) is 12.3 Å². The first-order chi connectivity index (χ1) is 9.60. The molecular weight excluding hydrogens is 361 g/mol. The summed E-state index contributed by atoms with van der Waals surface area (Å²) >= 11 is 2.34. The monoisotopic (exact) mass is 381 g/mol. The fourth-order valence-corrected chi connectivity index (χ4v) is 2.49. The van der Waals surface area contributed by atoms with Gasteiger partial charge in [-0.2, -0.15) is 0 Å². The van der Waals surface area contributed by atoms with E-state index in [-0.39, 0.29) is 0 Å². The molecule has 0 saturated heterocycles. The van der Waals surface area contributed by atoms with Crippen LogP contribution in [0, 0.1) is 3.57 Å². The van der Waals surface area contributed by atoms with Gasteiger partial charge in [0.25, 0.3) is 0 Å². The Morgan fingerprint density at radius 2 is 1.60 bits per heavy atom. The minimum atomic E-state index is 0.456. The molecule has 0 aliphatic heterocycles. The van der Waals surface area contributed by atoms with Crippen LogP contribution in [0.25, 0.3) is 0 Å². The molecular formula is C17H20INO. The van der Waals surface area contributed by atoms with Crippen LogP contribution in [-0.4, -0.2) is 13.2 Å². The summed E-state index contributed by atoms with van der Waals surface area (Å²) in [5, 5.41) is 0. The highest BCUT2D eigenvalue weighted by molar-refractivity contribution is 14.1. The Balaban J connectivity index is 2.18. The molecule has 0 spiro atoms. The van der Waals surface area contributed by atoms with Gasteiger partial charge >= 0.3 is 0 Å². The van der Waals surface area contributed by atoms with Gasteiger partial charge in [-0.25, -0.2) is 0 Å². The molecule has 3 heteroatoms. The molecule has 20 heavy (non-hydrogen) atoms. The van der Waals surface area contributed by atoms with E-state index < -0.39 is 0 Å². The third-order valence-electron chi connectivity index (χ3n) is 3.29. The van der Waals surface area contributed by atoms with Crippen molar-refractivity contribution in [3.05, 3.63) is 57.7 Å². The van der Waals surface area contributed by atoms with Gasteiger partial charge in [0.15, 0.2) is 0 Å². The second-order valence-electron chi connectivity index (χ2n) is 5.05. The lowest BCUT2D eigenvalue weighted by atomic mass is 10.1. The number of ether oxygens (including phenoxy) is 1. The van der Waals surface area contributed by atoms with Crippen LogP contribution < -0.4 is 9.64 Å². The van der Waals surface area contributed by atoms with Crippen molar-refractivity contribution >= 4 is 28.3 Å². The number of anilines is 1. The average Bonchev–Trinajstić information content (AvgIpc) is 2.46. The Morgan fingerprint density at radius 1 is 1.00 bits per heavy atom. The fraction of sp³-hybridized carbons (Fsp3) is 0.294. The quantitative estimate of drug-likeness (QED) is 0.696. The molecule has 0 fully saturated rings. The number of benzene rings is 2. The molecule has 0 heterocycles. The highest BCUT2D eigenvalue weighted by Crippen LogP contribution is 2.22. The van der Waals surface area contributed by atoms with Crippen LogP contribution in [0.1, 0.15) is 19.4 Å². The first kappa shape index (κ1) is 15.2. The molecule has 2 rings (SSSR count). The van der Waals surface area contributed by atoms with Crippen molar-refractivity contribution in [3.8, 4) is 5.75 Å². The molecule has 0 aromatic heterocycles. The van der Waals surface area contributed by atoms with E-state index in [0.29, 0.717) is 6.04 Å². The van der Waals surface area contributed by atoms with E-state index in [9.17, 15) is 0 Å². The van der Waals surface area contributed by atoms with Gasteiger partial charge in [-0.3, -0.25) is 0 Å². The third kappa shape index (κ3) is 3.88. The average molecular weight is 381 g/mol. The summed E-state index contributed by atoms with van der Waals surface area (Å²) < 4.78 is 6.47. The van der Waals surface area contributed by atoms with Gasteiger partial charge in [0.2, 0.25) is 0 Å². The van der Waals surface area contributed by atoms with Crippen molar-refractivity contribution in [3.63, 3.8) is 0 Å². The summed E-state index contributed by atoms with van der Waals surface area (Å²) in [6, 6.07) is 17.4. The van der Waals surface area contributed by atoms with E-state index in [4.69, 9.17) is 4.74 Å². The zero-order valence-electron chi connectivity index (χ0n) is 12.1. The molecule has 2 aromatic rings. The second-order valence-corrected chi connectivity index (χ2v) is 6.29. The molecule has 0 saturated carbocycles. The summed E-state index contributed by atoms with van der Waals surface area (Å²) in [4.78, 5) is 2.40. The molecule has 0 bridgehead atoms. The SMILES string of the molecule is COc1ccc(CN(c2ccc(I)cc2)C(C)C)cc1. The lowest BCUT2D eigenvalue weighted by Crippen LogP contribution is -2.30. The predicted octanol–water partition coefficient (Wildman–Crippen LogP) is 4.71. The summed E-state index contributed by atoms with van der Waals surface area (Å²) in [6.07, 6.45) is 0. The van der Waals surface area contributed by atoms with E-state index in [1.807, 2.05) is 12.1 Å². The van der Waals surface area contributed by atoms with Crippen LogP contribution in [0.5, 0.6) is 5.75 Å². The molecule has 0 radical (unpaired) electrons. The van der Waals surface area contributed by atoms with Crippen LogP contribution in [0.2, 0.25) is 0 Å². The number of hydrogen-bond donors (Lipinski definition) is 0. The van der Waals surface area contributed by atoms with Crippen molar-refractivity contribution in [2.75, 3.05) is 12.0 Å². The first-order valence-corrected chi connectivity index (χ1v) is 7.83. The molecule has 2 aromatic carbocycles. The van der Waals surface area contributed by atoms with Crippen LogP contribution in [0.3, 0.4) is 0 Å². The third-order valence-corrected chi connectivity index (χ3v) is 4.01. The Hall–Kier alpha value is -1.23. The van der Waals surface area contributed by atoms with Crippen molar-refractivity contribution in [1.82, 2.24) is 0 Å². The van der Waals surface area contributed by atoms with Gasteiger partial charge < -0.3 is 9.64 Å². The molecule has 0 unspecified atom stereocenters. The van der Waals surface area contributed by atoms with Crippen LogP contribution in [-0.2, 0) is 6.54 Å². The normalized spacial score (nSPS) is 10.7. The Bertz CT molecular complexity index is 534. The molecule has 106 valence electrons. The van der Waals surface area contributed by atoms with E-state index >= 15 is 0 Å². The fourth-order valence-electron chi connectivity index (χ4n) is 2.13. The second kappa shape index (κ2) is 6.97. The van der Waals surface area contributed by atoms with Gasteiger partial charge in [0, 0.05) is 21.8 Å². The minimum absolute atomic E-state index is 0.456. The number of hydrogen-bond acceptors (Lipinski definition) is 2. The Kier molecular flexibility index (Phi) is 5.29. The lowest BCUT2D eigenvalue weighted by Gasteiger charge is -2.29. The molecule has 0 aliphatic carbocycles. The van der Waals surface area contributed by atoms with E-state index in [1.54, 1.807) is 7.11 Å². The van der Waals surface area contributed by atoms with Crippen LogP contribution in [0.4, 0.5) is 5.69 Å². The molecule has 0 atom stereocenters. The number of nitrogens with zero attached hydrogens (tertiary/aromatic N) is 1. The zero-order chi connectivity index (χ0) is 14.5. The smallest absolute Gasteiger partial charge is 0.118 e. The maximum Gasteiger partial charge on any atom is 0.118 e. The summed E-state index contributed by atoms with van der Waals surface area (Å²) in [5.41, 5.74) is 2.55.